The lowest BCUT2D eigenvalue weighted by atomic mass is 10.1. The molecule has 3 aromatic carbocycles. The van der Waals surface area contributed by atoms with E-state index in [9.17, 15) is 0 Å². The summed E-state index contributed by atoms with van der Waals surface area (Å²) in [6.45, 7) is 1.30. The van der Waals surface area contributed by atoms with Gasteiger partial charge >= 0.3 is 0 Å². The van der Waals surface area contributed by atoms with Crippen LogP contribution in [-0.4, -0.2) is 28.6 Å². The molecule has 154 valence electrons. The fourth-order valence-electron chi connectivity index (χ4n) is 3.10. The minimum Gasteiger partial charge on any atom is -0.490 e. The van der Waals surface area contributed by atoms with Crippen LogP contribution < -0.4 is 10.5 Å². The molecule has 7 heteroatoms. The molecule has 0 amide bonds. The van der Waals surface area contributed by atoms with E-state index in [1.54, 1.807) is 24.3 Å². The van der Waals surface area contributed by atoms with Gasteiger partial charge in [0.15, 0.2) is 12.4 Å². The number of ether oxygens (including phenoxy) is 1. The van der Waals surface area contributed by atoms with Crippen LogP contribution in [0.4, 0.5) is 0 Å². The molecule has 0 aliphatic rings. The molecule has 0 aliphatic heterocycles. The summed E-state index contributed by atoms with van der Waals surface area (Å²) in [6, 6.07) is 24.9. The van der Waals surface area contributed by atoms with Gasteiger partial charge in [0.05, 0.1) is 29.0 Å². The summed E-state index contributed by atoms with van der Waals surface area (Å²) in [6.07, 6.45) is 1.85. The summed E-state index contributed by atoms with van der Waals surface area (Å²) in [5.74, 6) is 0.971. The topological polar surface area (TPSA) is 98.5 Å². The van der Waals surface area contributed by atoms with Crippen molar-refractivity contribution in [2.75, 3.05) is 13.2 Å². The van der Waals surface area contributed by atoms with Gasteiger partial charge < -0.3 is 19.9 Å². The Morgan fingerprint density at radius 3 is 2.55 bits per heavy atom. The van der Waals surface area contributed by atoms with E-state index in [0.29, 0.717) is 23.8 Å². The number of aromatic nitrogens is 2. The second kappa shape index (κ2) is 9.46. The third kappa shape index (κ3) is 5.00. The van der Waals surface area contributed by atoms with Gasteiger partial charge in [-0.15, -0.1) is 0 Å². The molecular weight excluding hydrogens is 390 g/mol. The first-order valence-corrected chi connectivity index (χ1v) is 9.80. The highest BCUT2D eigenvalue weighted by atomic mass is 16.6. The van der Waals surface area contributed by atoms with Crippen LogP contribution in [0.3, 0.4) is 0 Å². The maximum atomic E-state index is 8.79. The van der Waals surface area contributed by atoms with Crippen LogP contribution >= 0.6 is 0 Å². The Morgan fingerprint density at radius 1 is 1.00 bits per heavy atom. The second-order valence-electron chi connectivity index (χ2n) is 6.85. The normalized spacial score (nSPS) is 11.3. The smallest absolute Gasteiger partial charge is 0.170 e. The summed E-state index contributed by atoms with van der Waals surface area (Å²) in [5.41, 5.74) is 10.6. The standard InChI is InChI=1S/C24H21N5O2/c25-15-18-7-11-21(12-8-18)30-13-14-31-28-24(26)20-9-5-19(6-10-20)16-29-17-27-22-3-1-2-4-23(22)29/h1-12,17H,13-14,16H2,(H2,26,28). The average molecular weight is 411 g/mol. The molecule has 0 saturated carbocycles. The summed E-state index contributed by atoms with van der Waals surface area (Å²) < 4.78 is 7.65. The highest BCUT2D eigenvalue weighted by Gasteiger charge is 2.04. The van der Waals surface area contributed by atoms with Crippen molar-refractivity contribution in [1.82, 2.24) is 9.55 Å². The summed E-state index contributed by atoms with van der Waals surface area (Å²) in [4.78, 5) is 9.67. The first-order chi connectivity index (χ1) is 15.2. The van der Waals surface area contributed by atoms with Gasteiger partial charge in [-0.1, -0.05) is 41.6 Å². The van der Waals surface area contributed by atoms with E-state index < -0.39 is 0 Å². The van der Waals surface area contributed by atoms with Gasteiger partial charge in [0.1, 0.15) is 12.4 Å². The average Bonchev–Trinajstić information content (AvgIpc) is 3.22. The van der Waals surface area contributed by atoms with Crippen LogP contribution in [0.1, 0.15) is 16.7 Å². The van der Waals surface area contributed by atoms with E-state index in [0.717, 1.165) is 28.7 Å². The quantitative estimate of drug-likeness (QED) is 0.206. The van der Waals surface area contributed by atoms with E-state index in [1.807, 2.05) is 48.8 Å². The first kappa shape index (κ1) is 20.0. The van der Waals surface area contributed by atoms with Gasteiger partial charge in [-0.2, -0.15) is 5.26 Å². The lowest BCUT2D eigenvalue weighted by molar-refractivity contribution is 0.107. The van der Waals surface area contributed by atoms with E-state index >= 15 is 0 Å². The molecule has 2 N–H and O–H groups in total. The number of hydrogen-bond donors (Lipinski definition) is 1. The molecule has 0 radical (unpaired) electrons. The van der Waals surface area contributed by atoms with E-state index in [4.69, 9.17) is 20.6 Å². The van der Waals surface area contributed by atoms with Gasteiger partial charge in [-0.25, -0.2) is 4.98 Å². The summed E-state index contributed by atoms with van der Waals surface area (Å²) in [5, 5.41) is 12.7. The van der Waals surface area contributed by atoms with Gasteiger partial charge in [-0.05, 0) is 42.0 Å². The molecule has 0 bridgehead atoms. The van der Waals surface area contributed by atoms with Crippen LogP contribution in [0.15, 0.2) is 84.3 Å². The minimum atomic E-state index is 0.256. The molecule has 0 fully saturated rings. The Balaban J connectivity index is 1.27. The number of fused-ring (bicyclic) bond motifs is 1. The lowest BCUT2D eigenvalue weighted by Crippen LogP contribution is -2.15. The molecule has 31 heavy (non-hydrogen) atoms. The number of nitriles is 1. The number of rotatable bonds is 8. The first-order valence-electron chi connectivity index (χ1n) is 9.80. The number of oxime groups is 1. The predicted molar refractivity (Wildman–Crippen MR) is 119 cm³/mol. The fourth-order valence-corrected chi connectivity index (χ4v) is 3.10. The third-order valence-electron chi connectivity index (χ3n) is 4.72. The molecule has 0 atom stereocenters. The highest BCUT2D eigenvalue weighted by Crippen LogP contribution is 2.15. The molecular formula is C24H21N5O2. The number of benzene rings is 3. The summed E-state index contributed by atoms with van der Waals surface area (Å²) >= 11 is 0. The number of imidazole rings is 1. The van der Waals surface area contributed by atoms with Crippen molar-refractivity contribution in [3.05, 3.63) is 95.8 Å². The largest absolute Gasteiger partial charge is 0.490 e. The van der Waals surface area contributed by atoms with Crippen LogP contribution in [0.2, 0.25) is 0 Å². The Bertz CT molecular complexity index is 1220. The van der Waals surface area contributed by atoms with Crippen LogP contribution in [0.25, 0.3) is 11.0 Å². The molecule has 4 aromatic rings. The molecule has 0 aliphatic carbocycles. The zero-order chi connectivity index (χ0) is 21.5. The van der Waals surface area contributed by atoms with Crippen molar-refractivity contribution >= 4 is 16.9 Å². The molecule has 0 spiro atoms. The SMILES string of the molecule is N#Cc1ccc(OCCO/N=C(\N)c2ccc(Cn3cnc4ccccc43)cc2)cc1. The highest BCUT2D eigenvalue weighted by molar-refractivity contribution is 5.97. The minimum absolute atomic E-state index is 0.256. The van der Waals surface area contributed by atoms with Crippen LogP contribution in [-0.2, 0) is 11.4 Å². The van der Waals surface area contributed by atoms with Crippen molar-refractivity contribution in [2.45, 2.75) is 6.54 Å². The Morgan fingerprint density at radius 2 is 1.77 bits per heavy atom. The van der Waals surface area contributed by atoms with E-state index in [1.165, 1.54) is 0 Å². The van der Waals surface area contributed by atoms with Gasteiger partial charge in [0, 0.05) is 12.1 Å². The maximum Gasteiger partial charge on any atom is 0.170 e. The molecule has 0 saturated heterocycles. The Kier molecular flexibility index (Phi) is 6.10. The van der Waals surface area contributed by atoms with Crippen molar-refractivity contribution in [3.8, 4) is 11.8 Å². The Labute approximate surface area is 179 Å². The second-order valence-corrected chi connectivity index (χ2v) is 6.85. The monoisotopic (exact) mass is 411 g/mol. The van der Waals surface area contributed by atoms with E-state index in [2.05, 4.69) is 26.8 Å². The van der Waals surface area contributed by atoms with Crippen LogP contribution in [0, 0.1) is 11.3 Å². The van der Waals surface area contributed by atoms with Crippen molar-refractivity contribution in [3.63, 3.8) is 0 Å². The van der Waals surface area contributed by atoms with Crippen molar-refractivity contribution < 1.29 is 9.57 Å². The van der Waals surface area contributed by atoms with Gasteiger partial charge in [0.2, 0.25) is 0 Å². The van der Waals surface area contributed by atoms with Gasteiger partial charge in [0.25, 0.3) is 0 Å². The molecule has 1 heterocycles. The van der Waals surface area contributed by atoms with Crippen molar-refractivity contribution in [1.29, 1.82) is 5.26 Å². The maximum absolute atomic E-state index is 8.79. The zero-order valence-electron chi connectivity index (χ0n) is 16.8. The molecule has 4 rings (SSSR count). The van der Waals surface area contributed by atoms with Crippen molar-refractivity contribution in [2.24, 2.45) is 10.9 Å². The van der Waals surface area contributed by atoms with Crippen LogP contribution in [0.5, 0.6) is 5.75 Å². The third-order valence-corrected chi connectivity index (χ3v) is 4.72. The van der Waals surface area contributed by atoms with Gasteiger partial charge in [-0.3, -0.25) is 0 Å². The summed E-state index contributed by atoms with van der Waals surface area (Å²) in [7, 11) is 0. The molecule has 7 nitrogen and oxygen atoms in total. The number of nitrogens with zero attached hydrogens (tertiary/aromatic N) is 4. The fraction of sp³-hybridized carbons (Fsp3) is 0.125. The molecule has 0 unspecified atom stereocenters. The number of para-hydroxylation sites is 2. The number of amidine groups is 1. The van der Waals surface area contributed by atoms with E-state index in [-0.39, 0.29) is 6.61 Å². The molecule has 1 aromatic heterocycles. The Hall–Kier alpha value is -4.31. The lowest BCUT2D eigenvalue weighted by Gasteiger charge is -2.07. The predicted octanol–water partition coefficient (Wildman–Crippen LogP) is 3.67. The zero-order valence-corrected chi connectivity index (χ0v) is 16.8. The number of hydrogen-bond acceptors (Lipinski definition) is 5. The number of nitrogens with two attached hydrogens (primary N) is 1.